The van der Waals surface area contributed by atoms with Crippen LogP contribution in [-0.4, -0.2) is 75.1 Å². The van der Waals surface area contributed by atoms with E-state index in [2.05, 4.69) is 15.0 Å². The normalized spacial score (nSPS) is 18.5. The van der Waals surface area contributed by atoms with Gasteiger partial charge in [-0.3, -0.25) is 9.69 Å². The highest BCUT2D eigenvalue weighted by Crippen LogP contribution is 2.44. The standard InChI is InChI=1S/C23H28F3N7O/c1-4-29(2)19-7-10-27-20-16(15-28-33(19)20)21(34)31-11-8-22(9-12-31)17-5-6-18(23(24,25)26)32(17)14-13-30(22)3/h5-7,10,15H,4,8-9,11-14H2,1-3H3. The maximum atomic E-state index is 13.5. The minimum Gasteiger partial charge on any atom is -0.360 e. The molecule has 0 bridgehead atoms. The maximum absolute atomic E-state index is 13.5. The molecule has 0 atom stereocenters. The highest BCUT2D eigenvalue weighted by Gasteiger charge is 2.47. The Morgan fingerprint density at radius 3 is 2.56 bits per heavy atom. The largest absolute Gasteiger partial charge is 0.431 e. The zero-order valence-corrected chi connectivity index (χ0v) is 19.5. The number of hydrogen-bond acceptors (Lipinski definition) is 5. The minimum absolute atomic E-state index is 0.154. The molecule has 0 aromatic carbocycles. The van der Waals surface area contributed by atoms with Gasteiger partial charge in [-0.1, -0.05) is 0 Å². The van der Waals surface area contributed by atoms with Crippen LogP contribution in [0.2, 0.25) is 0 Å². The number of aromatic nitrogens is 4. The predicted octanol–water partition coefficient (Wildman–Crippen LogP) is 3.08. The van der Waals surface area contributed by atoms with Crippen LogP contribution in [0.1, 0.15) is 41.5 Å². The fourth-order valence-electron chi connectivity index (χ4n) is 5.39. The number of halogens is 3. The van der Waals surface area contributed by atoms with Crippen molar-refractivity contribution >= 4 is 17.4 Å². The van der Waals surface area contributed by atoms with Crippen molar-refractivity contribution in [3.8, 4) is 0 Å². The molecule has 3 aromatic heterocycles. The maximum Gasteiger partial charge on any atom is 0.431 e. The Morgan fingerprint density at radius 1 is 1.15 bits per heavy atom. The average Bonchev–Trinajstić information content (AvgIpc) is 3.46. The number of hydrogen-bond donors (Lipinski definition) is 0. The number of fused-ring (bicyclic) bond motifs is 3. The van der Waals surface area contributed by atoms with Gasteiger partial charge in [-0.05, 0) is 45.0 Å². The molecule has 0 saturated carbocycles. The first-order valence-corrected chi connectivity index (χ1v) is 11.5. The molecule has 2 aliphatic heterocycles. The van der Waals surface area contributed by atoms with Crippen LogP contribution in [-0.2, 0) is 18.3 Å². The lowest BCUT2D eigenvalue weighted by atomic mass is 9.81. The van der Waals surface area contributed by atoms with Crippen LogP contribution in [0.15, 0.2) is 30.6 Å². The Morgan fingerprint density at radius 2 is 1.88 bits per heavy atom. The van der Waals surface area contributed by atoms with Crippen LogP contribution in [0.4, 0.5) is 19.0 Å². The molecule has 1 fully saturated rings. The first-order valence-electron chi connectivity index (χ1n) is 11.5. The van der Waals surface area contributed by atoms with E-state index < -0.39 is 17.4 Å². The van der Waals surface area contributed by atoms with Gasteiger partial charge in [-0.15, -0.1) is 0 Å². The van der Waals surface area contributed by atoms with Crippen molar-refractivity contribution in [2.24, 2.45) is 0 Å². The number of rotatable bonds is 3. The topological polar surface area (TPSA) is 61.9 Å². The number of alkyl halides is 3. The lowest BCUT2D eigenvalue weighted by Gasteiger charge is -2.50. The molecular weight excluding hydrogens is 447 g/mol. The average molecular weight is 476 g/mol. The number of anilines is 1. The van der Waals surface area contributed by atoms with E-state index in [1.807, 2.05) is 32.0 Å². The summed E-state index contributed by atoms with van der Waals surface area (Å²) in [6.45, 7) is 4.54. The summed E-state index contributed by atoms with van der Waals surface area (Å²) in [6, 6.07) is 4.64. The van der Waals surface area contributed by atoms with Gasteiger partial charge in [0.05, 0.1) is 11.7 Å². The summed E-state index contributed by atoms with van der Waals surface area (Å²) in [5, 5.41) is 4.40. The van der Waals surface area contributed by atoms with Crippen molar-refractivity contribution < 1.29 is 18.0 Å². The Labute approximate surface area is 195 Å². The summed E-state index contributed by atoms with van der Waals surface area (Å²) in [5.41, 5.74) is 0.502. The molecule has 8 nitrogen and oxygen atoms in total. The molecule has 5 heterocycles. The smallest absolute Gasteiger partial charge is 0.360 e. The third-order valence-electron chi connectivity index (χ3n) is 7.49. The molecule has 3 aromatic rings. The fraction of sp³-hybridized carbons (Fsp3) is 0.522. The number of piperidine rings is 1. The molecule has 1 saturated heterocycles. The molecule has 0 unspecified atom stereocenters. The molecular formula is C23H28F3N7O. The third kappa shape index (κ3) is 3.36. The SMILES string of the molecule is CCN(C)c1ccnc2c(C(=O)N3CCC4(CC3)c3ccc(C(F)(F)F)n3CCN4C)cnn12. The lowest BCUT2D eigenvalue weighted by molar-refractivity contribution is -0.144. The van der Waals surface area contributed by atoms with Crippen molar-refractivity contribution in [1.82, 2.24) is 29.0 Å². The van der Waals surface area contributed by atoms with Gasteiger partial charge >= 0.3 is 6.18 Å². The van der Waals surface area contributed by atoms with Gasteiger partial charge in [0.2, 0.25) is 0 Å². The molecule has 182 valence electrons. The van der Waals surface area contributed by atoms with Crippen molar-refractivity contribution in [2.75, 3.05) is 45.2 Å². The first kappa shape index (κ1) is 22.7. The van der Waals surface area contributed by atoms with Crippen molar-refractivity contribution in [1.29, 1.82) is 0 Å². The van der Waals surface area contributed by atoms with Gasteiger partial charge in [0.15, 0.2) is 5.65 Å². The minimum atomic E-state index is -4.38. The number of nitrogens with zero attached hydrogens (tertiary/aromatic N) is 7. The molecule has 11 heteroatoms. The monoisotopic (exact) mass is 475 g/mol. The Balaban J connectivity index is 1.40. The van der Waals surface area contributed by atoms with Gasteiger partial charge in [0.25, 0.3) is 5.91 Å². The highest BCUT2D eigenvalue weighted by atomic mass is 19.4. The summed E-state index contributed by atoms with van der Waals surface area (Å²) in [4.78, 5) is 23.7. The van der Waals surface area contributed by atoms with Gasteiger partial charge < -0.3 is 14.4 Å². The van der Waals surface area contributed by atoms with Gasteiger partial charge in [0.1, 0.15) is 17.1 Å². The number of carbonyl (C=O) groups excluding carboxylic acids is 1. The fourth-order valence-corrected chi connectivity index (χ4v) is 5.39. The molecule has 34 heavy (non-hydrogen) atoms. The van der Waals surface area contributed by atoms with Crippen LogP contribution in [0.5, 0.6) is 0 Å². The number of amides is 1. The molecule has 2 aliphatic rings. The zero-order valence-electron chi connectivity index (χ0n) is 19.5. The second kappa shape index (κ2) is 8.00. The van der Waals surface area contributed by atoms with Crippen molar-refractivity contribution in [3.05, 3.63) is 47.5 Å². The predicted molar refractivity (Wildman–Crippen MR) is 121 cm³/mol. The van der Waals surface area contributed by atoms with Gasteiger partial charge in [-0.25, -0.2) is 4.98 Å². The molecule has 0 aliphatic carbocycles. The van der Waals surface area contributed by atoms with E-state index in [9.17, 15) is 18.0 Å². The van der Waals surface area contributed by atoms with E-state index in [1.54, 1.807) is 27.9 Å². The summed E-state index contributed by atoms with van der Waals surface area (Å²) < 4.78 is 43.6. The summed E-state index contributed by atoms with van der Waals surface area (Å²) in [7, 11) is 3.91. The van der Waals surface area contributed by atoms with E-state index in [4.69, 9.17) is 0 Å². The van der Waals surface area contributed by atoms with Crippen molar-refractivity contribution in [3.63, 3.8) is 0 Å². The quantitative estimate of drug-likeness (QED) is 0.583. The molecule has 0 radical (unpaired) electrons. The van der Waals surface area contributed by atoms with E-state index in [0.717, 1.165) is 12.4 Å². The van der Waals surface area contributed by atoms with Crippen LogP contribution in [0, 0.1) is 0 Å². The number of likely N-dealkylation sites (N-methyl/N-ethyl adjacent to an activating group) is 1. The molecule has 1 amide bonds. The second-order valence-electron chi connectivity index (χ2n) is 9.11. The summed E-state index contributed by atoms with van der Waals surface area (Å²) >= 11 is 0. The van der Waals surface area contributed by atoms with Gasteiger partial charge in [-0.2, -0.15) is 22.8 Å². The van der Waals surface area contributed by atoms with Crippen LogP contribution < -0.4 is 4.90 Å². The molecule has 1 spiro atoms. The number of likely N-dealkylation sites (tertiary alicyclic amines) is 1. The van der Waals surface area contributed by atoms with Gasteiger partial charge in [0, 0.05) is 51.7 Å². The van der Waals surface area contributed by atoms with E-state index in [1.165, 1.54) is 10.6 Å². The van der Waals surface area contributed by atoms with E-state index >= 15 is 0 Å². The Kier molecular flexibility index (Phi) is 5.34. The Bertz CT molecular complexity index is 1220. The second-order valence-corrected chi connectivity index (χ2v) is 9.11. The highest BCUT2D eigenvalue weighted by molar-refractivity contribution is 5.99. The Hall–Kier alpha value is -3.08. The number of carbonyl (C=O) groups is 1. The molecule has 0 N–H and O–H groups in total. The third-order valence-corrected chi connectivity index (χ3v) is 7.49. The van der Waals surface area contributed by atoms with Crippen LogP contribution in [0.3, 0.4) is 0 Å². The van der Waals surface area contributed by atoms with Crippen LogP contribution in [0.25, 0.3) is 5.65 Å². The zero-order chi connectivity index (χ0) is 24.3. The summed E-state index contributed by atoms with van der Waals surface area (Å²) in [5.74, 6) is 0.688. The summed E-state index contributed by atoms with van der Waals surface area (Å²) in [6.07, 6.45) is -0.0351. The van der Waals surface area contributed by atoms with Crippen molar-refractivity contribution in [2.45, 2.75) is 38.0 Å². The first-order chi connectivity index (χ1) is 16.2. The van der Waals surface area contributed by atoms with E-state index in [0.29, 0.717) is 55.9 Å². The van der Waals surface area contributed by atoms with Crippen LogP contribution >= 0.6 is 0 Å². The van der Waals surface area contributed by atoms with E-state index in [-0.39, 0.29) is 5.91 Å². The lowest BCUT2D eigenvalue weighted by Crippen LogP contribution is -2.56. The molecule has 5 rings (SSSR count).